The van der Waals surface area contributed by atoms with E-state index in [0.717, 1.165) is 23.4 Å². The highest BCUT2D eigenvalue weighted by Crippen LogP contribution is 2.36. The smallest absolute Gasteiger partial charge is 0.280 e. The lowest BCUT2D eigenvalue weighted by atomic mass is 10.1. The number of rotatable bonds is 6. The summed E-state index contributed by atoms with van der Waals surface area (Å²) in [5.74, 6) is -0.284. The number of anilines is 1. The van der Waals surface area contributed by atoms with E-state index in [-0.39, 0.29) is 28.8 Å². The van der Waals surface area contributed by atoms with Gasteiger partial charge in [0.15, 0.2) is 17.3 Å². The molecule has 7 rings (SSSR count). The van der Waals surface area contributed by atoms with Crippen LogP contribution in [-0.2, 0) is 6.42 Å². The predicted molar refractivity (Wildman–Crippen MR) is 156 cm³/mol. The third-order valence-electron chi connectivity index (χ3n) is 7.63. The van der Waals surface area contributed by atoms with Gasteiger partial charge < -0.3 is 11.1 Å². The van der Waals surface area contributed by atoms with E-state index in [4.69, 9.17) is 15.7 Å². The minimum Gasteiger partial charge on any atom is -0.383 e. The number of fused-ring (bicyclic) bond motifs is 2. The number of carbonyl (C=O) groups excluding carboxylic acids is 1. The van der Waals surface area contributed by atoms with Crippen LogP contribution in [0.2, 0.25) is 0 Å². The number of nitrogens with two attached hydrogens (primary N) is 1. The Morgan fingerprint density at radius 1 is 1.11 bits per heavy atom. The zero-order chi connectivity index (χ0) is 31.2. The fraction of sp³-hybridized carbons (Fsp3) is 0.129. The highest BCUT2D eigenvalue weighted by atomic mass is 19.3. The number of hydrogen-bond donors (Lipinski definition) is 2. The van der Waals surface area contributed by atoms with E-state index in [2.05, 4.69) is 26.5 Å². The molecule has 11 nitrogen and oxygen atoms in total. The van der Waals surface area contributed by atoms with E-state index in [1.807, 2.05) is 18.2 Å². The number of nitriles is 1. The first-order chi connectivity index (χ1) is 21.8. The maximum absolute atomic E-state index is 13.8. The van der Waals surface area contributed by atoms with Gasteiger partial charge >= 0.3 is 0 Å². The Morgan fingerprint density at radius 3 is 2.69 bits per heavy atom. The fourth-order valence-corrected chi connectivity index (χ4v) is 5.50. The van der Waals surface area contributed by atoms with Gasteiger partial charge in [-0.15, -0.1) is 5.10 Å². The molecular weight excluding hydrogens is 585 g/mol. The second-order valence-electron chi connectivity index (χ2n) is 10.3. The number of imidazole rings is 1. The molecular formula is C31H21F3N10O. The number of carbonyl (C=O) groups is 1. The molecule has 6 aromatic rings. The van der Waals surface area contributed by atoms with Gasteiger partial charge in [-0.25, -0.2) is 28.4 Å². The van der Waals surface area contributed by atoms with Crippen molar-refractivity contribution in [2.45, 2.75) is 25.3 Å². The van der Waals surface area contributed by atoms with Gasteiger partial charge in [-0.05, 0) is 60.4 Å². The third-order valence-corrected chi connectivity index (χ3v) is 7.63. The van der Waals surface area contributed by atoms with Gasteiger partial charge in [-0.2, -0.15) is 9.65 Å². The Kier molecular flexibility index (Phi) is 6.70. The number of nitrogens with one attached hydrogen (secondary N) is 1. The van der Waals surface area contributed by atoms with Gasteiger partial charge in [-0.1, -0.05) is 6.07 Å². The van der Waals surface area contributed by atoms with Crippen molar-refractivity contribution in [1.82, 2.24) is 39.6 Å². The maximum Gasteiger partial charge on any atom is 0.280 e. The van der Waals surface area contributed by atoms with Crippen LogP contribution in [0.4, 0.5) is 19.0 Å². The summed E-state index contributed by atoms with van der Waals surface area (Å²) < 4.78 is 42.5. The van der Waals surface area contributed by atoms with Crippen molar-refractivity contribution in [3.05, 3.63) is 107 Å². The molecule has 3 N–H and O–H groups in total. The van der Waals surface area contributed by atoms with Crippen molar-refractivity contribution in [1.29, 1.82) is 5.26 Å². The fourth-order valence-electron chi connectivity index (χ4n) is 5.50. The van der Waals surface area contributed by atoms with Crippen LogP contribution in [0.3, 0.4) is 0 Å². The molecule has 0 spiro atoms. The average Bonchev–Trinajstić information content (AvgIpc) is 3.77. The lowest BCUT2D eigenvalue weighted by Crippen LogP contribution is -2.27. The molecule has 45 heavy (non-hydrogen) atoms. The highest BCUT2D eigenvalue weighted by Gasteiger charge is 2.27. The Labute approximate surface area is 252 Å². The van der Waals surface area contributed by atoms with Gasteiger partial charge in [0, 0.05) is 36.4 Å². The summed E-state index contributed by atoms with van der Waals surface area (Å²) in [5.41, 5.74) is 9.90. The van der Waals surface area contributed by atoms with Crippen LogP contribution in [0.15, 0.2) is 73.2 Å². The zero-order valence-electron chi connectivity index (χ0n) is 23.2. The van der Waals surface area contributed by atoms with E-state index < -0.39 is 24.0 Å². The molecule has 0 unspecified atom stereocenters. The first-order valence-corrected chi connectivity index (χ1v) is 13.7. The molecule has 0 bridgehead atoms. The molecule has 222 valence electrons. The molecule has 0 aliphatic heterocycles. The van der Waals surface area contributed by atoms with Crippen LogP contribution < -0.4 is 11.1 Å². The van der Waals surface area contributed by atoms with Crippen LogP contribution >= 0.6 is 0 Å². The quantitative estimate of drug-likeness (QED) is 0.268. The molecule has 5 aromatic heterocycles. The van der Waals surface area contributed by atoms with Gasteiger partial charge in [0.25, 0.3) is 12.3 Å². The van der Waals surface area contributed by atoms with Crippen LogP contribution in [0.1, 0.15) is 51.6 Å². The van der Waals surface area contributed by atoms with Crippen LogP contribution in [0.5, 0.6) is 0 Å². The van der Waals surface area contributed by atoms with Crippen molar-refractivity contribution in [2.24, 2.45) is 0 Å². The number of benzene rings is 1. The predicted octanol–water partition coefficient (Wildman–Crippen LogP) is 5.01. The van der Waals surface area contributed by atoms with Crippen molar-refractivity contribution < 1.29 is 18.0 Å². The van der Waals surface area contributed by atoms with Crippen molar-refractivity contribution in [3.8, 4) is 29.0 Å². The molecule has 0 radical (unpaired) electrons. The standard InChI is InChI=1S/C31H21F3N10O/c32-24-9-11-43(42-24)25-13-18(14-35)26-30(40-25)44(29(41-26)21-2-1-10-37-28(21)36)19-5-6-20-16(12-19)3-7-22(20)39-31(45)17-4-8-23(27(33)34)38-15-17/h1-2,4-6,8-13,15,22,27H,3,7H2,(H2,36,37)(H,39,45)/t22-/m0/s1. The molecule has 0 saturated carbocycles. The molecule has 0 fully saturated rings. The zero-order valence-corrected chi connectivity index (χ0v) is 23.2. The van der Waals surface area contributed by atoms with Crippen LogP contribution in [0.25, 0.3) is 34.1 Å². The van der Waals surface area contributed by atoms with Crippen LogP contribution in [0, 0.1) is 17.3 Å². The van der Waals surface area contributed by atoms with Crippen molar-refractivity contribution in [2.75, 3.05) is 5.73 Å². The van der Waals surface area contributed by atoms with Crippen molar-refractivity contribution in [3.63, 3.8) is 0 Å². The first kappa shape index (κ1) is 27.7. The summed E-state index contributed by atoms with van der Waals surface area (Å²) in [5, 5.41) is 16.8. The molecule has 5 heterocycles. The maximum atomic E-state index is 13.8. The molecule has 1 aliphatic rings. The van der Waals surface area contributed by atoms with E-state index in [1.165, 1.54) is 29.1 Å². The van der Waals surface area contributed by atoms with Gasteiger partial charge in [0.2, 0.25) is 5.95 Å². The minimum absolute atomic E-state index is 0.181. The molecule has 14 heteroatoms. The lowest BCUT2D eigenvalue weighted by Gasteiger charge is -2.16. The highest BCUT2D eigenvalue weighted by molar-refractivity contribution is 5.94. The van der Waals surface area contributed by atoms with E-state index in [9.17, 15) is 23.2 Å². The molecule has 1 amide bonds. The average molecular weight is 607 g/mol. The van der Waals surface area contributed by atoms with E-state index in [0.29, 0.717) is 41.1 Å². The number of aromatic nitrogens is 7. The summed E-state index contributed by atoms with van der Waals surface area (Å²) in [6, 6.07) is 16.1. The first-order valence-electron chi connectivity index (χ1n) is 13.7. The summed E-state index contributed by atoms with van der Waals surface area (Å²) in [6.45, 7) is 0. The number of pyridine rings is 3. The summed E-state index contributed by atoms with van der Waals surface area (Å²) in [7, 11) is 0. The topological polar surface area (TPSA) is 153 Å². The summed E-state index contributed by atoms with van der Waals surface area (Å²) in [4.78, 5) is 30.3. The monoisotopic (exact) mass is 606 g/mol. The molecule has 1 aliphatic carbocycles. The number of aryl methyl sites for hydroxylation is 1. The number of hydrogen-bond acceptors (Lipinski definition) is 8. The molecule has 1 atom stereocenters. The van der Waals surface area contributed by atoms with Gasteiger partial charge in [0.05, 0.1) is 22.7 Å². The Hall–Kier alpha value is -6.10. The summed E-state index contributed by atoms with van der Waals surface area (Å²) >= 11 is 0. The largest absolute Gasteiger partial charge is 0.383 e. The number of alkyl halides is 2. The number of nitrogens with zero attached hydrogens (tertiary/aromatic N) is 8. The Bertz CT molecular complexity index is 2150. The third kappa shape index (κ3) is 4.89. The van der Waals surface area contributed by atoms with Crippen LogP contribution in [-0.4, -0.2) is 40.2 Å². The number of halogens is 3. The minimum atomic E-state index is -2.72. The normalized spacial score (nSPS) is 14.1. The van der Waals surface area contributed by atoms with Crippen molar-refractivity contribution >= 4 is 22.9 Å². The lowest BCUT2D eigenvalue weighted by molar-refractivity contribution is 0.0935. The van der Waals surface area contributed by atoms with Gasteiger partial charge in [-0.3, -0.25) is 14.3 Å². The van der Waals surface area contributed by atoms with E-state index >= 15 is 0 Å². The molecule has 1 aromatic carbocycles. The number of nitrogen functional groups attached to an aromatic ring is 1. The second-order valence-corrected chi connectivity index (χ2v) is 10.3. The number of amides is 1. The summed E-state index contributed by atoms with van der Waals surface area (Å²) in [6.07, 6.45) is 2.64. The SMILES string of the molecule is N#Cc1cc(-n2ccc(F)n2)nc2c1nc(-c1cccnc1N)n2-c1ccc2c(c1)CC[C@@H]2NC(=O)c1ccc(C(F)F)nc1. The Morgan fingerprint density at radius 2 is 1.98 bits per heavy atom. The van der Waals surface area contributed by atoms with Gasteiger partial charge in [0.1, 0.15) is 23.1 Å². The van der Waals surface area contributed by atoms with E-state index in [1.54, 1.807) is 22.9 Å². The second kappa shape index (κ2) is 10.9. The Balaban J connectivity index is 1.31. The molecule has 0 saturated heterocycles.